The van der Waals surface area contributed by atoms with Crippen molar-refractivity contribution in [3.8, 4) is 0 Å². The van der Waals surface area contributed by atoms with E-state index in [4.69, 9.17) is 4.74 Å². The largest absolute Gasteiger partial charge is 0.373 e. The van der Waals surface area contributed by atoms with Crippen molar-refractivity contribution in [2.75, 3.05) is 18.4 Å². The van der Waals surface area contributed by atoms with Gasteiger partial charge in [-0.3, -0.25) is 4.79 Å². The van der Waals surface area contributed by atoms with Gasteiger partial charge in [0.25, 0.3) is 5.91 Å². The molecule has 3 rings (SSSR count). The highest BCUT2D eigenvalue weighted by Crippen LogP contribution is 2.22. The third-order valence-corrected chi connectivity index (χ3v) is 6.36. The van der Waals surface area contributed by atoms with Crippen LogP contribution >= 0.6 is 0 Å². The van der Waals surface area contributed by atoms with Gasteiger partial charge in [0.05, 0.1) is 22.8 Å². The topological polar surface area (TPSA) is 75.7 Å². The number of carbonyl (C=O) groups excluding carboxylic acids is 1. The second-order valence-corrected chi connectivity index (χ2v) is 8.98. The Morgan fingerprint density at radius 1 is 1.11 bits per heavy atom. The van der Waals surface area contributed by atoms with Gasteiger partial charge in [-0.25, -0.2) is 12.8 Å². The Hall–Kier alpha value is -2.29. The summed E-state index contributed by atoms with van der Waals surface area (Å²) in [5, 5.41) is 2.50. The van der Waals surface area contributed by atoms with Crippen LogP contribution in [0.25, 0.3) is 0 Å². The van der Waals surface area contributed by atoms with Crippen LogP contribution in [0.5, 0.6) is 0 Å². The van der Waals surface area contributed by atoms with Crippen molar-refractivity contribution < 1.29 is 22.3 Å². The molecule has 1 fully saturated rings. The molecule has 28 heavy (non-hydrogen) atoms. The lowest BCUT2D eigenvalue weighted by Crippen LogP contribution is -2.48. The molecule has 8 heteroatoms. The zero-order chi connectivity index (χ0) is 20.5. The number of anilines is 1. The van der Waals surface area contributed by atoms with E-state index in [0.717, 1.165) is 5.56 Å². The standard InChI is InChI=1S/C20H23FN2O4S/c1-13-4-9-19(18(21)10-13)22-20(24)16-5-7-17(8-6-16)28(25,26)23-11-14(2)27-15(3)12-23/h4-10,14-15H,11-12H2,1-3H3,(H,22,24)/t14-,15-/m1/s1. The highest BCUT2D eigenvalue weighted by molar-refractivity contribution is 7.89. The molecular formula is C20H23FN2O4S. The molecule has 2 aromatic carbocycles. The monoisotopic (exact) mass is 406 g/mol. The number of carbonyl (C=O) groups is 1. The van der Waals surface area contributed by atoms with Crippen LogP contribution < -0.4 is 5.32 Å². The quantitative estimate of drug-likeness (QED) is 0.846. The van der Waals surface area contributed by atoms with Crippen molar-refractivity contribution >= 4 is 21.6 Å². The number of benzene rings is 2. The molecule has 2 atom stereocenters. The highest BCUT2D eigenvalue weighted by atomic mass is 32.2. The predicted octanol–water partition coefficient (Wildman–Crippen LogP) is 3.18. The third-order valence-electron chi connectivity index (χ3n) is 4.51. The first-order chi connectivity index (χ1) is 13.2. The number of ether oxygens (including phenoxy) is 1. The van der Waals surface area contributed by atoms with E-state index >= 15 is 0 Å². The Balaban J connectivity index is 1.76. The van der Waals surface area contributed by atoms with Gasteiger partial charge in [0.1, 0.15) is 5.82 Å². The van der Waals surface area contributed by atoms with Gasteiger partial charge in [-0.15, -0.1) is 0 Å². The van der Waals surface area contributed by atoms with Crippen LogP contribution in [0.4, 0.5) is 10.1 Å². The lowest BCUT2D eigenvalue weighted by molar-refractivity contribution is -0.0440. The average molecular weight is 406 g/mol. The molecular weight excluding hydrogens is 383 g/mol. The fraction of sp³-hybridized carbons (Fsp3) is 0.350. The van der Waals surface area contributed by atoms with Gasteiger partial charge in [0, 0.05) is 18.7 Å². The highest BCUT2D eigenvalue weighted by Gasteiger charge is 2.32. The molecule has 0 bridgehead atoms. The van der Waals surface area contributed by atoms with Gasteiger partial charge in [-0.1, -0.05) is 6.07 Å². The van der Waals surface area contributed by atoms with Crippen LogP contribution in [0.2, 0.25) is 0 Å². The summed E-state index contributed by atoms with van der Waals surface area (Å²) < 4.78 is 46.6. The van der Waals surface area contributed by atoms with Crippen LogP contribution in [0, 0.1) is 12.7 Å². The molecule has 6 nitrogen and oxygen atoms in total. The smallest absolute Gasteiger partial charge is 0.255 e. The van der Waals surface area contributed by atoms with Crippen molar-refractivity contribution in [1.82, 2.24) is 4.31 Å². The maximum absolute atomic E-state index is 13.9. The van der Waals surface area contributed by atoms with E-state index in [9.17, 15) is 17.6 Å². The van der Waals surface area contributed by atoms with Gasteiger partial charge >= 0.3 is 0 Å². The number of rotatable bonds is 4. The Kier molecular flexibility index (Phi) is 5.83. The number of halogens is 1. The second-order valence-electron chi connectivity index (χ2n) is 7.04. The van der Waals surface area contributed by atoms with E-state index in [1.807, 2.05) is 13.8 Å². The first-order valence-electron chi connectivity index (χ1n) is 9.00. The number of morpholine rings is 1. The van der Waals surface area contributed by atoms with Crippen LogP contribution in [-0.2, 0) is 14.8 Å². The Morgan fingerprint density at radius 2 is 1.71 bits per heavy atom. The maximum atomic E-state index is 13.9. The Labute approximate surface area is 164 Å². The molecule has 1 heterocycles. The minimum absolute atomic E-state index is 0.0728. The zero-order valence-electron chi connectivity index (χ0n) is 16.0. The van der Waals surface area contributed by atoms with Crippen LogP contribution in [0.3, 0.4) is 0 Å². The summed E-state index contributed by atoms with van der Waals surface area (Å²) in [7, 11) is -3.68. The summed E-state index contributed by atoms with van der Waals surface area (Å²) in [4.78, 5) is 12.4. The molecule has 0 spiro atoms. The number of hydrogen-bond donors (Lipinski definition) is 1. The van der Waals surface area contributed by atoms with Crippen molar-refractivity contribution in [3.63, 3.8) is 0 Å². The van der Waals surface area contributed by atoms with Gasteiger partial charge in [-0.2, -0.15) is 4.31 Å². The summed E-state index contributed by atoms with van der Waals surface area (Å²) in [5.74, 6) is -1.04. The number of hydrogen-bond acceptors (Lipinski definition) is 4. The van der Waals surface area contributed by atoms with Crippen molar-refractivity contribution in [2.45, 2.75) is 37.9 Å². The van der Waals surface area contributed by atoms with Gasteiger partial charge < -0.3 is 10.1 Å². The molecule has 150 valence electrons. The summed E-state index contributed by atoms with van der Waals surface area (Å²) in [6.45, 7) is 5.97. The third kappa shape index (κ3) is 4.40. The SMILES string of the molecule is Cc1ccc(NC(=O)c2ccc(S(=O)(=O)N3C[C@@H](C)O[C@H](C)C3)cc2)c(F)c1. The van der Waals surface area contributed by atoms with Crippen molar-refractivity contribution in [3.05, 3.63) is 59.4 Å². The first kappa shape index (κ1) is 20.4. The molecule has 1 saturated heterocycles. The average Bonchev–Trinajstić information content (AvgIpc) is 2.63. The van der Waals surface area contributed by atoms with Gasteiger partial charge in [-0.05, 0) is 62.7 Å². The van der Waals surface area contributed by atoms with Crippen LogP contribution in [0.15, 0.2) is 47.4 Å². The van der Waals surface area contributed by atoms with E-state index in [2.05, 4.69) is 5.32 Å². The molecule has 0 unspecified atom stereocenters. The van der Waals surface area contributed by atoms with E-state index in [1.165, 1.54) is 40.7 Å². The Bertz CT molecular complexity index is 966. The van der Waals surface area contributed by atoms with Crippen LogP contribution in [-0.4, -0.2) is 43.9 Å². The summed E-state index contributed by atoms with van der Waals surface area (Å²) in [6.07, 6.45) is -0.374. The van der Waals surface area contributed by atoms with Crippen molar-refractivity contribution in [2.24, 2.45) is 0 Å². The number of nitrogens with zero attached hydrogens (tertiary/aromatic N) is 1. The summed E-state index contributed by atoms with van der Waals surface area (Å²) in [6, 6.07) is 10.1. The molecule has 0 radical (unpaired) electrons. The van der Waals surface area contributed by atoms with E-state index in [1.54, 1.807) is 13.0 Å². The number of amides is 1. The molecule has 1 aliphatic heterocycles. The molecule has 1 N–H and O–H groups in total. The fourth-order valence-corrected chi connectivity index (χ4v) is 4.76. The molecule has 0 saturated carbocycles. The molecule has 1 amide bonds. The molecule has 0 aromatic heterocycles. The number of aryl methyl sites for hydroxylation is 1. The lowest BCUT2D eigenvalue weighted by Gasteiger charge is -2.34. The summed E-state index contributed by atoms with van der Waals surface area (Å²) >= 11 is 0. The molecule has 0 aliphatic carbocycles. The second kappa shape index (κ2) is 7.98. The fourth-order valence-electron chi connectivity index (χ4n) is 3.17. The van der Waals surface area contributed by atoms with E-state index in [-0.39, 0.29) is 41.4 Å². The predicted molar refractivity (Wildman–Crippen MR) is 104 cm³/mol. The normalized spacial score (nSPS) is 20.7. The zero-order valence-corrected chi connectivity index (χ0v) is 16.8. The minimum Gasteiger partial charge on any atom is -0.373 e. The molecule has 1 aliphatic rings. The van der Waals surface area contributed by atoms with Crippen molar-refractivity contribution in [1.29, 1.82) is 0 Å². The Morgan fingerprint density at radius 3 is 2.29 bits per heavy atom. The summed E-state index contributed by atoms with van der Waals surface area (Å²) in [5.41, 5.74) is 1.06. The van der Waals surface area contributed by atoms with E-state index in [0.29, 0.717) is 0 Å². The lowest BCUT2D eigenvalue weighted by atomic mass is 10.2. The number of nitrogens with one attached hydrogen (secondary N) is 1. The van der Waals surface area contributed by atoms with Crippen LogP contribution in [0.1, 0.15) is 29.8 Å². The van der Waals surface area contributed by atoms with Gasteiger partial charge in [0.15, 0.2) is 0 Å². The van der Waals surface area contributed by atoms with E-state index < -0.39 is 21.7 Å². The maximum Gasteiger partial charge on any atom is 0.255 e. The van der Waals surface area contributed by atoms with Gasteiger partial charge in [0.2, 0.25) is 10.0 Å². The first-order valence-corrected chi connectivity index (χ1v) is 10.4. The number of sulfonamides is 1. The minimum atomic E-state index is -3.68. The molecule has 2 aromatic rings.